The summed E-state index contributed by atoms with van der Waals surface area (Å²) in [6.45, 7) is 9.35. The standard InChI is InChI=1S/C29H34ClN5O2/c1-21(2)14-15-35(29(37)23-10-8-22(3)9-11-23)20-28(36)34-18-16-33(17-19-34)27-13-12-26(31-32-27)24-6-4-5-7-25(24)30/h4-13,21H,14-20H2,1-3H3. The summed E-state index contributed by atoms with van der Waals surface area (Å²) in [6.07, 6.45) is 0.849. The van der Waals surface area contributed by atoms with E-state index in [0.29, 0.717) is 49.2 Å². The van der Waals surface area contributed by atoms with Crippen molar-refractivity contribution >= 4 is 29.2 Å². The van der Waals surface area contributed by atoms with Crippen molar-refractivity contribution in [2.45, 2.75) is 27.2 Å². The highest BCUT2D eigenvalue weighted by atomic mass is 35.5. The van der Waals surface area contributed by atoms with Crippen molar-refractivity contribution in [1.82, 2.24) is 20.0 Å². The van der Waals surface area contributed by atoms with E-state index in [4.69, 9.17) is 11.6 Å². The number of carbonyl (C=O) groups excluding carboxylic acids is 2. The van der Waals surface area contributed by atoms with Crippen LogP contribution in [0.5, 0.6) is 0 Å². The molecule has 3 aromatic rings. The maximum absolute atomic E-state index is 13.2. The van der Waals surface area contributed by atoms with E-state index in [-0.39, 0.29) is 18.4 Å². The number of aromatic nitrogens is 2. The van der Waals surface area contributed by atoms with Gasteiger partial charge in [-0.3, -0.25) is 9.59 Å². The van der Waals surface area contributed by atoms with Crippen LogP contribution in [0.2, 0.25) is 5.02 Å². The molecule has 0 bridgehead atoms. The molecule has 0 aliphatic carbocycles. The van der Waals surface area contributed by atoms with E-state index in [1.807, 2.05) is 72.5 Å². The van der Waals surface area contributed by atoms with Crippen molar-refractivity contribution in [2.24, 2.45) is 5.92 Å². The zero-order valence-corrected chi connectivity index (χ0v) is 22.5. The minimum atomic E-state index is -0.0958. The Bertz CT molecular complexity index is 1210. The Balaban J connectivity index is 1.36. The number of aryl methyl sites for hydroxylation is 1. The highest BCUT2D eigenvalue weighted by molar-refractivity contribution is 6.33. The molecule has 0 unspecified atom stereocenters. The molecule has 37 heavy (non-hydrogen) atoms. The van der Waals surface area contributed by atoms with Crippen molar-refractivity contribution in [3.63, 3.8) is 0 Å². The van der Waals surface area contributed by atoms with Crippen molar-refractivity contribution in [3.05, 3.63) is 76.8 Å². The van der Waals surface area contributed by atoms with Gasteiger partial charge in [-0.05, 0) is 49.6 Å². The average molecular weight is 520 g/mol. The quantitative estimate of drug-likeness (QED) is 0.421. The molecule has 0 spiro atoms. The fourth-order valence-electron chi connectivity index (χ4n) is 4.30. The summed E-state index contributed by atoms with van der Waals surface area (Å²) >= 11 is 6.28. The summed E-state index contributed by atoms with van der Waals surface area (Å²) in [4.78, 5) is 32.1. The van der Waals surface area contributed by atoms with Gasteiger partial charge in [0.05, 0.1) is 10.7 Å². The Labute approximate surface area is 224 Å². The predicted octanol–water partition coefficient (Wildman–Crippen LogP) is 4.94. The summed E-state index contributed by atoms with van der Waals surface area (Å²) in [5.41, 5.74) is 3.29. The first-order valence-electron chi connectivity index (χ1n) is 12.8. The minimum Gasteiger partial charge on any atom is -0.352 e. The average Bonchev–Trinajstić information content (AvgIpc) is 2.91. The van der Waals surface area contributed by atoms with Gasteiger partial charge in [-0.2, -0.15) is 0 Å². The van der Waals surface area contributed by atoms with Crippen LogP contribution >= 0.6 is 11.6 Å². The van der Waals surface area contributed by atoms with Crippen LogP contribution in [-0.4, -0.2) is 71.1 Å². The lowest BCUT2D eigenvalue weighted by atomic mass is 10.1. The van der Waals surface area contributed by atoms with E-state index in [2.05, 4.69) is 28.9 Å². The molecule has 1 aliphatic heterocycles. The molecule has 2 heterocycles. The zero-order valence-electron chi connectivity index (χ0n) is 21.7. The van der Waals surface area contributed by atoms with E-state index in [0.717, 1.165) is 29.1 Å². The lowest BCUT2D eigenvalue weighted by Gasteiger charge is -2.36. The van der Waals surface area contributed by atoms with Crippen molar-refractivity contribution in [3.8, 4) is 11.3 Å². The Morgan fingerprint density at radius 3 is 2.27 bits per heavy atom. The number of hydrogen-bond donors (Lipinski definition) is 0. The smallest absolute Gasteiger partial charge is 0.254 e. The minimum absolute atomic E-state index is 0.0241. The monoisotopic (exact) mass is 519 g/mol. The van der Waals surface area contributed by atoms with E-state index in [1.165, 1.54) is 0 Å². The number of anilines is 1. The molecule has 2 aromatic carbocycles. The van der Waals surface area contributed by atoms with Gasteiger partial charge in [0.25, 0.3) is 5.91 Å². The molecule has 2 amide bonds. The lowest BCUT2D eigenvalue weighted by molar-refractivity contribution is -0.132. The van der Waals surface area contributed by atoms with Crippen molar-refractivity contribution in [2.75, 3.05) is 44.2 Å². The number of carbonyl (C=O) groups is 2. The van der Waals surface area contributed by atoms with Crippen LogP contribution < -0.4 is 4.90 Å². The number of hydrogen-bond acceptors (Lipinski definition) is 5. The maximum Gasteiger partial charge on any atom is 0.254 e. The molecule has 1 aromatic heterocycles. The number of nitrogens with zero attached hydrogens (tertiary/aromatic N) is 5. The molecule has 1 saturated heterocycles. The number of rotatable bonds is 8. The van der Waals surface area contributed by atoms with Gasteiger partial charge in [0.1, 0.15) is 6.54 Å². The third-order valence-corrected chi connectivity index (χ3v) is 6.97. The molecule has 0 radical (unpaired) electrons. The second kappa shape index (κ2) is 12.2. The number of piperazine rings is 1. The van der Waals surface area contributed by atoms with Crippen LogP contribution in [0, 0.1) is 12.8 Å². The van der Waals surface area contributed by atoms with E-state index in [1.54, 1.807) is 4.90 Å². The fraction of sp³-hybridized carbons (Fsp3) is 0.379. The summed E-state index contributed by atoms with van der Waals surface area (Å²) in [5, 5.41) is 9.41. The first-order chi connectivity index (χ1) is 17.8. The molecule has 0 atom stereocenters. The largest absolute Gasteiger partial charge is 0.352 e. The molecule has 7 nitrogen and oxygen atoms in total. The lowest BCUT2D eigenvalue weighted by Crippen LogP contribution is -2.52. The number of benzene rings is 2. The zero-order chi connectivity index (χ0) is 26.4. The van der Waals surface area contributed by atoms with Crippen LogP contribution in [-0.2, 0) is 4.79 Å². The van der Waals surface area contributed by atoms with Crippen LogP contribution in [0.3, 0.4) is 0 Å². The molecule has 194 valence electrons. The van der Waals surface area contributed by atoms with Crippen molar-refractivity contribution < 1.29 is 9.59 Å². The van der Waals surface area contributed by atoms with Crippen LogP contribution in [0.15, 0.2) is 60.7 Å². The molecule has 0 saturated carbocycles. The van der Waals surface area contributed by atoms with Crippen LogP contribution in [0.25, 0.3) is 11.3 Å². The molecule has 8 heteroatoms. The van der Waals surface area contributed by atoms with E-state index >= 15 is 0 Å². The normalized spacial score (nSPS) is 13.6. The van der Waals surface area contributed by atoms with Gasteiger partial charge in [0, 0.05) is 43.9 Å². The Morgan fingerprint density at radius 2 is 1.65 bits per heavy atom. The third-order valence-electron chi connectivity index (χ3n) is 6.64. The predicted molar refractivity (Wildman–Crippen MR) is 148 cm³/mol. The maximum atomic E-state index is 13.2. The van der Waals surface area contributed by atoms with Crippen LogP contribution in [0.1, 0.15) is 36.2 Å². The topological polar surface area (TPSA) is 69.6 Å². The van der Waals surface area contributed by atoms with Gasteiger partial charge >= 0.3 is 0 Å². The highest BCUT2D eigenvalue weighted by Gasteiger charge is 2.26. The Hall–Kier alpha value is -3.45. The Kier molecular flexibility index (Phi) is 8.77. The van der Waals surface area contributed by atoms with Gasteiger partial charge < -0.3 is 14.7 Å². The third kappa shape index (κ3) is 6.86. The fourth-order valence-corrected chi connectivity index (χ4v) is 4.53. The van der Waals surface area contributed by atoms with Gasteiger partial charge in [-0.1, -0.05) is 61.3 Å². The van der Waals surface area contributed by atoms with Gasteiger partial charge in [0.15, 0.2) is 5.82 Å². The van der Waals surface area contributed by atoms with E-state index in [9.17, 15) is 9.59 Å². The second-order valence-electron chi connectivity index (χ2n) is 9.90. The summed E-state index contributed by atoms with van der Waals surface area (Å²) in [5.74, 6) is 1.10. The molecule has 4 rings (SSSR count). The Morgan fingerprint density at radius 1 is 0.946 bits per heavy atom. The van der Waals surface area contributed by atoms with Gasteiger partial charge in [-0.25, -0.2) is 0 Å². The van der Waals surface area contributed by atoms with Crippen LogP contribution in [0.4, 0.5) is 5.82 Å². The molecular formula is C29H34ClN5O2. The van der Waals surface area contributed by atoms with E-state index < -0.39 is 0 Å². The van der Waals surface area contributed by atoms with Gasteiger partial charge in [-0.15, -0.1) is 10.2 Å². The summed E-state index contributed by atoms with van der Waals surface area (Å²) < 4.78 is 0. The molecule has 1 aliphatic rings. The summed E-state index contributed by atoms with van der Waals surface area (Å²) in [7, 11) is 0. The second-order valence-corrected chi connectivity index (χ2v) is 10.3. The molecular weight excluding hydrogens is 486 g/mol. The summed E-state index contributed by atoms with van der Waals surface area (Å²) in [6, 6.07) is 19.0. The first kappa shape index (κ1) is 26.6. The molecule has 1 fully saturated rings. The number of halogens is 1. The first-order valence-corrected chi connectivity index (χ1v) is 13.2. The SMILES string of the molecule is Cc1ccc(C(=O)N(CCC(C)C)CC(=O)N2CCN(c3ccc(-c4ccccc4Cl)nn3)CC2)cc1. The molecule has 0 N–H and O–H groups in total. The van der Waals surface area contributed by atoms with Gasteiger partial charge in [0.2, 0.25) is 5.91 Å². The number of amides is 2. The highest BCUT2D eigenvalue weighted by Crippen LogP contribution is 2.26. The van der Waals surface area contributed by atoms with Crippen molar-refractivity contribution in [1.29, 1.82) is 0 Å².